The Morgan fingerprint density at radius 2 is 1.72 bits per heavy atom. The van der Waals surface area contributed by atoms with Crippen LogP contribution in [0.25, 0.3) is 0 Å². The van der Waals surface area contributed by atoms with Crippen molar-refractivity contribution in [3.63, 3.8) is 0 Å². The van der Waals surface area contributed by atoms with E-state index in [0.29, 0.717) is 29.7 Å². The summed E-state index contributed by atoms with van der Waals surface area (Å²) in [6, 6.07) is 14.4. The van der Waals surface area contributed by atoms with Crippen LogP contribution in [-0.2, 0) is 17.9 Å². The molecule has 8 nitrogen and oxygen atoms in total. The lowest BCUT2D eigenvalue weighted by molar-refractivity contribution is -0.117. The van der Waals surface area contributed by atoms with Crippen LogP contribution in [0.2, 0.25) is 5.02 Å². The fourth-order valence-electron chi connectivity index (χ4n) is 3.17. The van der Waals surface area contributed by atoms with E-state index in [1.807, 2.05) is 36.1 Å². The third kappa shape index (κ3) is 3.79. The number of amides is 1. The molecule has 1 aliphatic rings. The second-order valence-electron chi connectivity index (χ2n) is 6.76. The van der Waals surface area contributed by atoms with E-state index in [0.717, 1.165) is 15.9 Å². The molecule has 0 atom stereocenters. The van der Waals surface area contributed by atoms with Gasteiger partial charge in [0.2, 0.25) is 11.9 Å². The van der Waals surface area contributed by atoms with Gasteiger partial charge >= 0.3 is 11.1 Å². The smallest absolute Gasteiger partial charge is 0.324 e. The standard InChI is InChI=1S/C20H18ClN5O3/c1-13-2-8-16(9-3-13)24-10-11-25-18(28)19(29)26(23-20(24)25)12-17(27)22-15-6-4-14(21)5-7-15/h2-9H,10-12H2,1H3,(H,22,27). The average Bonchev–Trinajstić information content (AvgIpc) is 3.12. The summed E-state index contributed by atoms with van der Waals surface area (Å²) >= 11 is 5.83. The lowest BCUT2D eigenvalue weighted by Gasteiger charge is -2.18. The predicted molar refractivity (Wildman–Crippen MR) is 111 cm³/mol. The van der Waals surface area contributed by atoms with Crippen LogP contribution in [0.15, 0.2) is 58.1 Å². The molecule has 1 N–H and O–H groups in total. The Morgan fingerprint density at radius 3 is 2.41 bits per heavy atom. The number of nitrogens with one attached hydrogen (secondary N) is 1. The van der Waals surface area contributed by atoms with Crippen LogP contribution in [0.5, 0.6) is 0 Å². The highest BCUT2D eigenvalue weighted by Crippen LogP contribution is 2.26. The van der Waals surface area contributed by atoms with E-state index in [1.54, 1.807) is 24.3 Å². The van der Waals surface area contributed by atoms with Crippen LogP contribution in [-0.4, -0.2) is 26.8 Å². The number of benzene rings is 2. The molecule has 0 fully saturated rings. The first kappa shape index (κ1) is 18.9. The Labute approximate surface area is 171 Å². The summed E-state index contributed by atoms with van der Waals surface area (Å²) in [5.41, 5.74) is 0.994. The number of fused-ring (bicyclic) bond motifs is 1. The van der Waals surface area contributed by atoms with Crippen LogP contribution < -0.4 is 21.3 Å². The fraction of sp³-hybridized carbons (Fsp3) is 0.200. The lowest BCUT2D eigenvalue weighted by atomic mass is 10.2. The molecule has 2 heterocycles. The first-order valence-electron chi connectivity index (χ1n) is 9.04. The van der Waals surface area contributed by atoms with Gasteiger partial charge < -0.3 is 10.2 Å². The topological polar surface area (TPSA) is 89.2 Å². The van der Waals surface area contributed by atoms with Crippen LogP contribution in [0.1, 0.15) is 5.56 Å². The van der Waals surface area contributed by atoms with Crippen molar-refractivity contribution in [2.45, 2.75) is 20.0 Å². The molecular formula is C20H18ClN5O3. The number of aromatic nitrogens is 3. The number of aryl methyl sites for hydroxylation is 1. The molecule has 0 unspecified atom stereocenters. The molecule has 0 bridgehead atoms. The molecule has 1 aliphatic heterocycles. The third-order valence-corrected chi connectivity index (χ3v) is 4.92. The van der Waals surface area contributed by atoms with E-state index in [4.69, 9.17) is 11.6 Å². The van der Waals surface area contributed by atoms with Crippen molar-refractivity contribution in [1.29, 1.82) is 0 Å². The SMILES string of the molecule is Cc1ccc(N2CCn3c2nn(CC(=O)Nc2ccc(Cl)cc2)c(=O)c3=O)cc1. The quantitative estimate of drug-likeness (QED) is 0.664. The van der Waals surface area contributed by atoms with Crippen LogP contribution in [0, 0.1) is 6.92 Å². The van der Waals surface area contributed by atoms with Crippen molar-refractivity contribution in [2.24, 2.45) is 0 Å². The minimum atomic E-state index is -0.828. The summed E-state index contributed by atoms with van der Waals surface area (Å²) in [5.74, 6) is -0.121. The Bertz CT molecular complexity index is 1180. The van der Waals surface area contributed by atoms with Gasteiger partial charge in [-0.1, -0.05) is 29.3 Å². The summed E-state index contributed by atoms with van der Waals surface area (Å²) < 4.78 is 2.25. The molecule has 0 aliphatic carbocycles. The van der Waals surface area contributed by atoms with Crippen LogP contribution >= 0.6 is 11.6 Å². The van der Waals surface area contributed by atoms with Gasteiger partial charge in [-0.3, -0.25) is 19.0 Å². The van der Waals surface area contributed by atoms with Gasteiger partial charge in [0, 0.05) is 29.5 Å². The number of carbonyl (C=O) groups excluding carboxylic acids is 1. The number of carbonyl (C=O) groups is 1. The van der Waals surface area contributed by atoms with E-state index >= 15 is 0 Å². The number of halogens is 1. The van der Waals surface area contributed by atoms with Gasteiger partial charge in [-0.15, -0.1) is 5.10 Å². The van der Waals surface area contributed by atoms with Gasteiger partial charge in [-0.05, 0) is 43.3 Å². The van der Waals surface area contributed by atoms with Crippen molar-refractivity contribution < 1.29 is 4.79 Å². The van der Waals surface area contributed by atoms with Crippen molar-refractivity contribution in [2.75, 3.05) is 16.8 Å². The molecule has 9 heteroatoms. The molecule has 3 aromatic rings. The largest absolute Gasteiger partial charge is 0.333 e. The van der Waals surface area contributed by atoms with Crippen molar-refractivity contribution >= 4 is 34.8 Å². The summed E-state index contributed by atoms with van der Waals surface area (Å²) in [6.07, 6.45) is 0. The van der Waals surface area contributed by atoms with Crippen LogP contribution in [0.3, 0.4) is 0 Å². The number of rotatable bonds is 4. The minimum absolute atomic E-state index is 0.345. The van der Waals surface area contributed by atoms with E-state index in [2.05, 4.69) is 10.4 Å². The zero-order valence-electron chi connectivity index (χ0n) is 15.6. The maximum Gasteiger partial charge on any atom is 0.333 e. The van der Waals surface area contributed by atoms with Gasteiger partial charge in [0.05, 0.1) is 0 Å². The first-order chi connectivity index (χ1) is 13.9. The Hall–Kier alpha value is -3.39. The molecule has 0 spiro atoms. The van der Waals surface area contributed by atoms with E-state index in [1.165, 1.54) is 4.57 Å². The summed E-state index contributed by atoms with van der Waals surface area (Å²) in [4.78, 5) is 39.1. The Kier molecular flexibility index (Phi) is 4.94. The maximum absolute atomic E-state index is 12.5. The number of hydrogen-bond donors (Lipinski definition) is 1. The van der Waals surface area contributed by atoms with Gasteiger partial charge in [0.15, 0.2) is 0 Å². The summed E-state index contributed by atoms with van der Waals surface area (Å²) in [5, 5.41) is 7.51. The first-order valence-corrected chi connectivity index (χ1v) is 9.42. The molecule has 1 aromatic heterocycles. The van der Waals surface area contributed by atoms with E-state index in [9.17, 15) is 14.4 Å². The van der Waals surface area contributed by atoms with Gasteiger partial charge in [0.1, 0.15) is 6.54 Å². The monoisotopic (exact) mass is 411 g/mol. The molecule has 0 radical (unpaired) electrons. The molecule has 2 aromatic carbocycles. The Balaban J connectivity index is 1.62. The Morgan fingerprint density at radius 1 is 1.03 bits per heavy atom. The highest BCUT2D eigenvalue weighted by atomic mass is 35.5. The van der Waals surface area contributed by atoms with Crippen molar-refractivity contribution in [1.82, 2.24) is 14.3 Å². The molecule has 4 rings (SSSR count). The maximum atomic E-state index is 12.5. The predicted octanol–water partition coefficient (Wildman–Crippen LogP) is 2.16. The second-order valence-corrected chi connectivity index (χ2v) is 7.20. The molecule has 0 saturated heterocycles. The number of hydrogen-bond acceptors (Lipinski definition) is 5. The normalized spacial score (nSPS) is 12.7. The minimum Gasteiger partial charge on any atom is -0.324 e. The highest BCUT2D eigenvalue weighted by molar-refractivity contribution is 6.30. The van der Waals surface area contributed by atoms with Gasteiger partial charge in [-0.25, -0.2) is 4.68 Å². The average molecular weight is 412 g/mol. The fourth-order valence-corrected chi connectivity index (χ4v) is 3.30. The molecule has 1 amide bonds. The number of nitrogens with zero attached hydrogens (tertiary/aromatic N) is 4. The van der Waals surface area contributed by atoms with E-state index < -0.39 is 17.0 Å². The van der Waals surface area contributed by atoms with Crippen LogP contribution in [0.4, 0.5) is 17.3 Å². The molecule has 148 valence electrons. The van der Waals surface area contributed by atoms with E-state index in [-0.39, 0.29) is 6.54 Å². The van der Waals surface area contributed by atoms with Gasteiger partial charge in [-0.2, -0.15) is 0 Å². The molecule has 0 saturated carbocycles. The summed E-state index contributed by atoms with van der Waals surface area (Å²) in [6.45, 7) is 2.50. The van der Waals surface area contributed by atoms with Gasteiger partial charge in [0.25, 0.3) is 0 Å². The zero-order chi connectivity index (χ0) is 20.5. The lowest BCUT2D eigenvalue weighted by Crippen LogP contribution is -2.44. The molecule has 29 heavy (non-hydrogen) atoms. The van der Waals surface area contributed by atoms with Crippen molar-refractivity contribution in [3.05, 3.63) is 79.8 Å². The second kappa shape index (κ2) is 7.56. The third-order valence-electron chi connectivity index (χ3n) is 4.67. The zero-order valence-corrected chi connectivity index (χ0v) is 16.4. The van der Waals surface area contributed by atoms with Crippen molar-refractivity contribution in [3.8, 4) is 0 Å². The summed E-state index contributed by atoms with van der Waals surface area (Å²) in [7, 11) is 0. The molecular weight excluding hydrogens is 394 g/mol. The highest BCUT2D eigenvalue weighted by Gasteiger charge is 2.26. The number of anilines is 3.